The van der Waals surface area contributed by atoms with Gasteiger partial charge in [0, 0.05) is 32.9 Å². The zero-order chi connectivity index (χ0) is 38.7. The van der Waals surface area contributed by atoms with Crippen molar-refractivity contribution < 1.29 is 4.42 Å². The Bertz CT molecular complexity index is 3080. The number of hydrogen-bond donors (Lipinski definition) is 0. The summed E-state index contributed by atoms with van der Waals surface area (Å²) in [6.45, 7) is 0. The molecule has 2 aromatic heterocycles. The molecule has 59 heavy (non-hydrogen) atoms. The van der Waals surface area contributed by atoms with Gasteiger partial charge < -0.3 is 4.42 Å². The van der Waals surface area contributed by atoms with E-state index in [0.29, 0.717) is 29.3 Å². The van der Waals surface area contributed by atoms with Gasteiger partial charge in [0.05, 0.1) is 0 Å². The topological polar surface area (TPSA) is 51.8 Å². The molecule has 0 amide bonds. The highest BCUT2D eigenvalue weighted by Crippen LogP contribution is 2.69. The molecule has 9 aromatic rings. The molecule has 0 radical (unpaired) electrons. The highest BCUT2D eigenvalue weighted by molar-refractivity contribution is 6.13. The number of nitrogens with zero attached hydrogens (tertiary/aromatic N) is 3. The lowest BCUT2D eigenvalue weighted by Crippen LogP contribution is -2.55. The van der Waals surface area contributed by atoms with Crippen LogP contribution in [0.25, 0.3) is 89.5 Å². The van der Waals surface area contributed by atoms with Gasteiger partial charge in [-0.2, -0.15) is 0 Å². The third-order valence-corrected chi connectivity index (χ3v) is 14.5. The van der Waals surface area contributed by atoms with Gasteiger partial charge in [-0.3, -0.25) is 0 Å². The van der Waals surface area contributed by atoms with Crippen molar-refractivity contribution in [2.75, 3.05) is 0 Å². The second kappa shape index (κ2) is 12.7. The van der Waals surface area contributed by atoms with E-state index in [2.05, 4.69) is 164 Å². The molecular weight excluding hydrogens is 719 g/mol. The van der Waals surface area contributed by atoms with E-state index in [0.717, 1.165) is 61.6 Å². The summed E-state index contributed by atoms with van der Waals surface area (Å²) in [4.78, 5) is 15.8. The summed E-state index contributed by atoms with van der Waals surface area (Å²) in [5.74, 6) is 5.14. The summed E-state index contributed by atoms with van der Waals surface area (Å²) in [5.41, 5.74) is 15.2. The van der Waals surface area contributed by atoms with Crippen molar-refractivity contribution in [1.29, 1.82) is 0 Å². The molecule has 4 nitrogen and oxygen atoms in total. The Kier molecular flexibility index (Phi) is 7.16. The first kappa shape index (κ1) is 33.3. The number of aromatic nitrogens is 3. The van der Waals surface area contributed by atoms with Crippen LogP contribution in [0.15, 0.2) is 168 Å². The normalized spacial score (nSPS) is 22.3. The minimum absolute atomic E-state index is 0.0618. The smallest absolute Gasteiger partial charge is 0.164 e. The molecule has 0 unspecified atom stereocenters. The van der Waals surface area contributed by atoms with Gasteiger partial charge in [0.1, 0.15) is 11.2 Å². The van der Waals surface area contributed by atoms with Gasteiger partial charge in [-0.15, -0.1) is 0 Å². The number of rotatable bonds is 5. The van der Waals surface area contributed by atoms with Crippen molar-refractivity contribution >= 4 is 21.9 Å². The highest BCUT2D eigenvalue weighted by Gasteiger charge is 2.61. The molecule has 4 bridgehead atoms. The van der Waals surface area contributed by atoms with Crippen LogP contribution < -0.4 is 0 Å². The van der Waals surface area contributed by atoms with Crippen LogP contribution >= 0.6 is 0 Å². The Hall–Kier alpha value is -6.65. The summed E-state index contributed by atoms with van der Waals surface area (Å²) >= 11 is 0. The standard InChI is InChI=1S/C55H41N3O/c1-3-10-35(11-4-1)36-18-20-38(21-19-36)52-56-53(58-54(57-52)40-23-25-46-50(32-40)59-49-17-9-15-43(51(46)49)37-12-5-2-6-13-37)39-22-24-45-44-14-7-8-16-47(44)55(48(45)31-39)41-27-33-26-34(29-41)30-42(55)28-33/h1-25,31-34,41-42H,26-30H2. The van der Waals surface area contributed by atoms with Crippen LogP contribution in [0.1, 0.15) is 43.2 Å². The van der Waals surface area contributed by atoms with Crippen LogP contribution in [0.4, 0.5) is 0 Å². The number of fused-ring (bicyclic) bond motifs is 6. The van der Waals surface area contributed by atoms with Gasteiger partial charge in [0.25, 0.3) is 0 Å². The second-order valence-electron chi connectivity index (χ2n) is 17.6. The Morgan fingerprint density at radius 2 is 0.932 bits per heavy atom. The average Bonchev–Trinajstić information content (AvgIpc) is 3.82. The maximum Gasteiger partial charge on any atom is 0.164 e. The fraction of sp³-hybridized carbons (Fsp3) is 0.182. The first-order chi connectivity index (χ1) is 29.2. The molecule has 4 fully saturated rings. The third-order valence-electron chi connectivity index (χ3n) is 14.5. The lowest BCUT2D eigenvalue weighted by molar-refractivity contribution is -0.0399. The van der Waals surface area contributed by atoms with E-state index in [1.54, 1.807) is 5.56 Å². The molecule has 7 aromatic carbocycles. The Morgan fingerprint density at radius 1 is 0.390 bits per heavy atom. The molecule has 5 aliphatic carbocycles. The van der Waals surface area contributed by atoms with Gasteiger partial charge in [-0.25, -0.2) is 15.0 Å². The van der Waals surface area contributed by atoms with Crippen molar-refractivity contribution in [3.63, 3.8) is 0 Å². The van der Waals surface area contributed by atoms with Crippen molar-refractivity contribution in [2.45, 2.75) is 37.5 Å². The van der Waals surface area contributed by atoms with Crippen molar-refractivity contribution in [2.24, 2.45) is 23.7 Å². The fourth-order valence-corrected chi connectivity index (χ4v) is 12.3. The monoisotopic (exact) mass is 759 g/mol. The minimum Gasteiger partial charge on any atom is -0.456 e. The first-order valence-electron chi connectivity index (χ1n) is 21.3. The first-order valence-corrected chi connectivity index (χ1v) is 21.3. The average molecular weight is 760 g/mol. The zero-order valence-corrected chi connectivity index (χ0v) is 32.7. The predicted molar refractivity (Wildman–Crippen MR) is 238 cm³/mol. The molecule has 4 heteroatoms. The molecule has 0 N–H and O–H groups in total. The summed E-state index contributed by atoms with van der Waals surface area (Å²) < 4.78 is 6.58. The highest BCUT2D eigenvalue weighted by atomic mass is 16.3. The van der Waals surface area contributed by atoms with Gasteiger partial charge in [0.2, 0.25) is 0 Å². The van der Waals surface area contributed by atoms with E-state index in [1.807, 2.05) is 0 Å². The molecule has 0 atom stereocenters. The summed E-state index contributed by atoms with van der Waals surface area (Å²) in [5, 5.41) is 2.20. The Labute approximate surface area is 343 Å². The predicted octanol–water partition coefficient (Wildman–Crippen LogP) is 13.8. The minimum atomic E-state index is 0.0618. The van der Waals surface area contributed by atoms with Crippen molar-refractivity contribution in [1.82, 2.24) is 15.0 Å². The Balaban J connectivity index is 0.977. The van der Waals surface area contributed by atoms with E-state index in [4.69, 9.17) is 19.4 Å². The van der Waals surface area contributed by atoms with Crippen LogP contribution in [-0.2, 0) is 5.41 Å². The number of hydrogen-bond acceptors (Lipinski definition) is 4. The van der Waals surface area contributed by atoms with Crippen molar-refractivity contribution in [3.8, 4) is 67.5 Å². The van der Waals surface area contributed by atoms with Crippen LogP contribution in [0.2, 0.25) is 0 Å². The molecule has 14 rings (SSSR count). The maximum atomic E-state index is 6.58. The lowest BCUT2D eigenvalue weighted by Gasteiger charge is -2.61. The molecule has 2 heterocycles. The quantitative estimate of drug-likeness (QED) is 0.175. The summed E-state index contributed by atoms with van der Waals surface area (Å²) in [7, 11) is 0. The van der Waals surface area contributed by atoms with Crippen LogP contribution in [0.3, 0.4) is 0 Å². The summed E-state index contributed by atoms with van der Waals surface area (Å²) in [6, 6.07) is 58.8. The Morgan fingerprint density at radius 3 is 1.66 bits per heavy atom. The van der Waals surface area contributed by atoms with E-state index >= 15 is 0 Å². The third kappa shape index (κ3) is 4.99. The van der Waals surface area contributed by atoms with Crippen LogP contribution in [-0.4, -0.2) is 15.0 Å². The van der Waals surface area contributed by atoms with E-state index in [9.17, 15) is 0 Å². The second-order valence-corrected chi connectivity index (χ2v) is 17.6. The fourth-order valence-electron chi connectivity index (χ4n) is 12.3. The summed E-state index contributed by atoms with van der Waals surface area (Å²) in [6.07, 6.45) is 6.83. The van der Waals surface area contributed by atoms with Gasteiger partial charge in [-0.05, 0) is 125 Å². The molecule has 0 aliphatic heterocycles. The SMILES string of the molecule is c1ccc(-c2ccc(-c3nc(-c4ccc5c(c4)C4(c6ccccc6-5)C5CC6CC(C5)CC4C6)nc(-c4ccc5c(c4)oc4cccc(-c6ccccc6)c45)n3)cc2)cc1. The van der Waals surface area contributed by atoms with E-state index < -0.39 is 0 Å². The molecule has 5 aliphatic rings. The van der Waals surface area contributed by atoms with E-state index in [1.165, 1.54) is 59.9 Å². The van der Waals surface area contributed by atoms with Crippen molar-refractivity contribution in [3.05, 3.63) is 175 Å². The van der Waals surface area contributed by atoms with Crippen LogP contribution in [0.5, 0.6) is 0 Å². The molecule has 4 saturated carbocycles. The van der Waals surface area contributed by atoms with Gasteiger partial charge in [-0.1, -0.05) is 140 Å². The largest absolute Gasteiger partial charge is 0.456 e. The maximum absolute atomic E-state index is 6.58. The molecule has 282 valence electrons. The zero-order valence-electron chi connectivity index (χ0n) is 32.7. The molecular formula is C55H41N3O. The number of benzene rings is 7. The number of furan rings is 1. The lowest BCUT2D eigenvalue weighted by atomic mass is 9.43. The van der Waals surface area contributed by atoms with Gasteiger partial charge >= 0.3 is 0 Å². The molecule has 0 saturated heterocycles. The molecule has 1 spiro atoms. The van der Waals surface area contributed by atoms with Crippen LogP contribution in [0, 0.1) is 23.7 Å². The van der Waals surface area contributed by atoms with Gasteiger partial charge in [0.15, 0.2) is 17.5 Å². The van der Waals surface area contributed by atoms with E-state index in [-0.39, 0.29) is 5.41 Å².